The largest absolute Gasteiger partial charge is 0.399 e. The highest BCUT2D eigenvalue weighted by Gasteiger charge is 2.26. The minimum atomic E-state index is -3.52. The van der Waals surface area contributed by atoms with Gasteiger partial charge in [0.1, 0.15) is 0 Å². The van der Waals surface area contributed by atoms with E-state index in [9.17, 15) is 17.2 Å². The third kappa shape index (κ3) is 2.89. The highest BCUT2D eigenvalue weighted by molar-refractivity contribution is 7.90. The monoisotopic (exact) mass is 235 g/mol. The van der Waals surface area contributed by atoms with Crippen molar-refractivity contribution in [2.75, 3.05) is 12.0 Å². The zero-order valence-electron chi connectivity index (χ0n) is 8.29. The van der Waals surface area contributed by atoms with Crippen molar-refractivity contribution in [2.45, 2.75) is 17.7 Å². The molecule has 0 saturated carbocycles. The zero-order valence-corrected chi connectivity index (χ0v) is 9.11. The Morgan fingerprint density at radius 1 is 1.27 bits per heavy atom. The van der Waals surface area contributed by atoms with E-state index in [0.29, 0.717) is 6.92 Å². The SMILES string of the molecule is CC(F)(F)c1cc(N)cc(S(C)(=O)=O)c1. The topological polar surface area (TPSA) is 60.2 Å². The average molecular weight is 235 g/mol. The highest BCUT2D eigenvalue weighted by atomic mass is 32.2. The molecule has 0 aliphatic carbocycles. The molecule has 0 radical (unpaired) electrons. The van der Waals surface area contributed by atoms with E-state index >= 15 is 0 Å². The lowest BCUT2D eigenvalue weighted by atomic mass is 10.1. The van der Waals surface area contributed by atoms with Gasteiger partial charge in [0.15, 0.2) is 9.84 Å². The second-order valence-electron chi connectivity index (χ2n) is 3.45. The molecule has 0 saturated heterocycles. The predicted molar refractivity (Wildman–Crippen MR) is 53.5 cm³/mol. The molecule has 0 heterocycles. The Balaban J connectivity index is 3.43. The zero-order chi connectivity index (χ0) is 11.9. The van der Waals surface area contributed by atoms with E-state index in [0.717, 1.165) is 24.5 Å². The first kappa shape index (κ1) is 11.9. The molecule has 0 bridgehead atoms. The van der Waals surface area contributed by atoms with Gasteiger partial charge in [-0.05, 0) is 18.2 Å². The van der Waals surface area contributed by atoms with Crippen LogP contribution >= 0.6 is 0 Å². The fraction of sp³-hybridized carbons (Fsp3) is 0.333. The Labute approximate surface area is 86.8 Å². The van der Waals surface area contributed by atoms with Crippen LogP contribution in [0.25, 0.3) is 0 Å². The van der Waals surface area contributed by atoms with Gasteiger partial charge in [0, 0.05) is 24.4 Å². The number of hydrogen-bond acceptors (Lipinski definition) is 3. The Kier molecular flexibility index (Phi) is 2.73. The van der Waals surface area contributed by atoms with Gasteiger partial charge >= 0.3 is 0 Å². The number of rotatable bonds is 2. The minimum Gasteiger partial charge on any atom is -0.399 e. The van der Waals surface area contributed by atoms with Gasteiger partial charge in [-0.15, -0.1) is 0 Å². The molecule has 0 unspecified atom stereocenters. The molecule has 0 aliphatic heterocycles. The highest BCUT2D eigenvalue weighted by Crippen LogP contribution is 2.30. The van der Waals surface area contributed by atoms with Crippen LogP contribution in [-0.2, 0) is 15.8 Å². The van der Waals surface area contributed by atoms with Crippen molar-refractivity contribution in [1.82, 2.24) is 0 Å². The maximum Gasteiger partial charge on any atom is 0.270 e. The first-order chi connectivity index (χ1) is 6.60. The van der Waals surface area contributed by atoms with Gasteiger partial charge in [-0.1, -0.05) is 0 Å². The standard InChI is InChI=1S/C9H11F2NO2S/c1-9(10,11)6-3-7(12)5-8(4-6)15(2,13)14/h3-5H,12H2,1-2H3. The molecular formula is C9H11F2NO2S. The van der Waals surface area contributed by atoms with Crippen LogP contribution in [0.15, 0.2) is 23.1 Å². The summed E-state index contributed by atoms with van der Waals surface area (Å²) in [6, 6.07) is 3.16. The molecule has 3 nitrogen and oxygen atoms in total. The van der Waals surface area contributed by atoms with Gasteiger partial charge in [0.25, 0.3) is 5.92 Å². The Morgan fingerprint density at radius 3 is 2.20 bits per heavy atom. The Bertz CT molecular complexity index is 477. The lowest BCUT2D eigenvalue weighted by molar-refractivity contribution is 0.0173. The molecule has 0 aromatic heterocycles. The third-order valence-corrected chi connectivity index (χ3v) is 2.96. The first-order valence-corrected chi connectivity index (χ1v) is 5.99. The quantitative estimate of drug-likeness (QED) is 0.795. The predicted octanol–water partition coefficient (Wildman–Crippen LogP) is 1.78. The van der Waals surface area contributed by atoms with E-state index in [1.165, 1.54) is 0 Å². The normalized spacial score (nSPS) is 12.8. The van der Waals surface area contributed by atoms with E-state index in [1.807, 2.05) is 0 Å². The molecule has 2 N–H and O–H groups in total. The lowest BCUT2D eigenvalue weighted by Gasteiger charge is -2.12. The van der Waals surface area contributed by atoms with Crippen molar-refractivity contribution in [3.8, 4) is 0 Å². The summed E-state index contributed by atoms with van der Waals surface area (Å²) in [5.41, 5.74) is 4.96. The Hall–Kier alpha value is -1.17. The minimum absolute atomic E-state index is 0.00875. The summed E-state index contributed by atoms with van der Waals surface area (Å²) in [5.74, 6) is -3.10. The molecule has 0 spiro atoms. The number of nitrogens with two attached hydrogens (primary N) is 1. The van der Waals surface area contributed by atoms with Gasteiger partial charge < -0.3 is 5.73 Å². The summed E-state index contributed by atoms with van der Waals surface area (Å²) in [5, 5.41) is 0. The van der Waals surface area contributed by atoms with Crippen LogP contribution in [0.5, 0.6) is 0 Å². The summed E-state index contributed by atoms with van der Waals surface area (Å²) in [7, 11) is -3.52. The van der Waals surface area contributed by atoms with Crippen LogP contribution in [0.2, 0.25) is 0 Å². The summed E-state index contributed by atoms with van der Waals surface area (Å²) in [6.45, 7) is 0.688. The van der Waals surface area contributed by atoms with Crippen molar-refractivity contribution in [3.63, 3.8) is 0 Å². The van der Waals surface area contributed by atoms with Crippen LogP contribution in [0.1, 0.15) is 12.5 Å². The average Bonchev–Trinajstić information content (AvgIpc) is 1.99. The van der Waals surface area contributed by atoms with Crippen molar-refractivity contribution in [2.24, 2.45) is 0 Å². The lowest BCUT2D eigenvalue weighted by Crippen LogP contribution is -2.10. The molecule has 0 aliphatic rings. The Morgan fingerprint density at radius 2 is 1.80 bits per heavy atom. The molecule has 0 fully saturated rings. The summed E-state index contributed by atoms with van der Waals surface area (Å²) < 4.78 is 48.2. The maximum absolute atomic E-state index is 13.0. The number of alkyl halides is 2. The maximum atomic E-state index is 13.0. The molecule has 15 heavy (non-hydrogen) atoms. The smallest absolute Gasteiger partial charge is 0.270 e. The van der Waals surface area contributed by atoms with E-state index in [-0.39, 0.29) is 10.6 Å². The van der Waals surface area contributed by atoms with Crippen molar-refractivity contribution in [1.29, 1.82) is 0 Å². The molecule has 0 amide bonds. The summed E-state index contributed by atoms with van der Waals surface area (Å²) in [4.78, 5) is -0.195. The number of nitrogen functional groups attached to an aromatic ring is 1. The second-order valence-corrected chi connectivity index (χ2v) is 5.47. The van der Waals surface area contributed by atoms with E-state index in [2.05, 4.69) is 0 Å². The fourth-order valence-electron chi connectivity index (χ4n) is 1.09. The number of sulfone groups is 1. The summed E-state index contributed by atoms with van der Waals surface area (Å²) in [6.07, 6.45) is 0.944. The molecule has 6 heteroatoms. The van der Waals surface area contributed by atoms with Crippen LogP contribution in [0.4, 0.5) is 14.5 Å². The molecule has 0 atom stereocenters. The second kappa shape index (κ2) is 3.44. The van der Waals surface area contributed by atoms with Crippen molar-refractivity contribution >= 4 is 15.5 Å². The first-order valence-electron chi connectivity index (χ1n) is 4.09. The number of halogens is 2. The fourth-order valence-corrected chi connectivity index (χ4v) is 1.78. The van der Waals surface area contributed by atoms with E-state index in [4.69, 9.17) is 5.73 Å². The molecule has 1 aromatic carbocycles. The molecule has 1 aromatic rings. The molecule has 1 rings (SSSR count). The number of anilines is 1. The third-order valence-electron chi connectivity index (χ3n) is 1.86. The van der Waals surface area contributed by atoms with Crippen molar-refractivity contribution < 1.29 is 17.2 Å². The van der Waals surface area contributed by atoms with Crippen LogP contribution in [0.3, 0.4) is 0 Å². The van der Waals surface area contributed by atoms with Gasteiger partial charge in [-0.25, -0.2) is 17.2 Å². The van der Waals surface area contributed by atoms with Gasteiger partial charge in [0.05, 0.1) is 4.90 Å². The van der Waals surface area contributed by atoms with E-state index < -0.39 is 21.3 Å². The van der Waals surface area contributed by atoms with Crippen LogP contribution in [-0.4, -0.2) is 14.7 Å². The van der Waals surface area contributed by atoms with Crippen LogP contribution < -0.4 is 5.73 Å². The van der Waals surface area contributed by atoms with Crippen molar-refractivity contribution in [3.05, 3.63) is 23.8 Å². The van der Waals surface area contributed by atoms with Gasteiger partial charge in [-0.3, -0.25) is 0 Å². The molecular weight excluding hydrogens is 224 g/mol. The van der Waals surface area contributed by atoms with Gasteiger partial charge in [0.2, 0.25) is 0 Å². The van der Waals surface area contributed by atoms with Gasteiger partial charge in [-0.2, -0.15) is 0 Å². The summed E-state index contributed by atoms with van der Waals surface area (Å²) >= 11 is 0. The van der Waals surface area contributed by atoms with E-state index in [1.54, 1.807) is 0 Å². The number of hydrogen-bond donors (Lipinski definition) is 1. The number of benzene rings is 1. The van der Waals surface area contributed by atoms with Crippen LogP contribution in [0, 0.1) is 0 Å². The molecule has 84 valence electrons.